The Kier molecular flexibility index (Phi) is 5.52. The van der Waals surface area contributed by atoms with Crippen molar-refractivity contribution in [1.82, 2.24) is 0 Å². The Bertz CT molecular complexity index is 110. The fraction of sp³-hybridized carbons (Fsp3) is 1.00. The molecule has 0 N–H and O–H groups in total. The third kappa shape index (κ3) is 3.12. The normalized spacial score (nSPS) is 19.2. The van der Waals surface area contributed by atoms with Crippen LogP contribution in [0.3, 0.4) is 0 Å². The lowest BCUT2D eigenvalue weighted by molar-refractivity contribution is 0.139. The molecule has 12 heavy (non-hydrogen) atoms. The van der Waals surface area contributed by atoms with E-state index < -0.39 is 6.17 Å². The van der Waals surface area contributed by atoms with Gasteiger partial charge in [-0.15, -0.1) is 0 Å². The predicted molar refractivity (Wildman–Crippen MR) is 53.0 cm³/mol. The van der Waals surface area contributed by atoms with Gasteiger partial charge in [-0.1, -0.05) is 41.0 Å². The average Bonchev–Trinajstić information content (AvgIpc) is 2.03. The van der Waals surface area contributed by atoms with Crippen LogP contribution in [0.25, 0.3) is 0 Å². The van der Waals surface area contributed by atoms with Crippen molar-refractivity contribution < 1.29 is 4.39 Å². The predicted octanol–water partition coefficient (Wildman–Crippen LogP) is 4.05. The molecular weight excluding hydrogens is 151 g/mol. The molecule has 0 saturated heterocycles. The lowest BCUT2D eigenvalue weighted by atomic mass is 9.79. The minimum atomic E-state index is -0.614. The molecule has 0 aliphatic heterocycles. The largest absolute Gasteiger partial charge is 0.247 e. The molecule has 2 unspecified atom stereocenters. The second-order valence-corrected chi connectivity index (χ2v) is 4.10. The minimum absolute atomic E-state index is 0.222. The van der Waals surface area contributed by atoms with Crippen LogP contribution >= 0.6 is 0 Å². The summed E-state index contributed by atoms with van der Waals surface area (Å²) in [7, 11) is 0. The molecule has 1 heteroatoms. The molecule has 0 aromatic heterocycles. The summed E-state index contributed by atoms with van der Waals surface area (Å²) in [6, 6.07) is 0. The van der Waals surface area contributed by atoms with Crippen molar-refractivity contribution in [2.24, 2.45) is 17.8 Å². The maximum absolute atomic E-state index is 13.3. The van der Waals surface area contributed by atoms with E-state index in [1.165, 1.54) is 0 Å². The standard InChI is InChI=1S/C11H23F/c1-6-10(8(3)4)9(5)11(12)7-2/h8-11H,6-7H2,1-5H3/t9?,10-,11?/m1/s1. The molecule has 0 rings (SSSR count). The molecule has 0 fully saturated rings. The van der Waals surface area contributed by atoms with Gasteiger partial charge < -0.3 is 0 Å². The molecule has 74 valence electrons. The van der Waals surface area contributed by atoms with Crippen molar-refractivity contribution in [2.75, 3.05) is 0 Å². The van der Waals surface area contributed by atoms with Crippen LogP contribution in [0.5, 0.6) is 0 Å². The van der Waals surface area contributed by atoms with E-state index in [1.54, 1.807) is 0 Å². The van der Waals surface area contributed by atoms with Crippen LogP contribution in [-0.4, -0.2) is 6.17 Å². The highest BCUT2D eigenvalue weighted by Gasteiger charge is 2.25. The number of alkyl halides is 1. The second-order valence-electron chi connectivity index (χ2n) is 4.10. The Hall–Kier alpha value is -0.0700. The monoisotopic (exact) mass is 174 g/mol. The van der Waals surface area contributed by atoms with Crippen LogP contribution in [-0.2, 0) is 0 Å². The third-order valence-electron chi connectivity index (χ3n) is 2.96. The van der Waals surface area contributed by atoms with Crippen LogP contribution in [0.1, 0.15) is 47.5 Å². The highest BCUT2D eigenvalue weighted by Crippen LogP contribution is 2.29. The molecule has 3 atom stereocenters. The van der Waals surface area contributed by atoms with E-state index in [0.717, 1.165) is 6.42 Å². The van der Waals surface area contributed by atoms with Gasteiger partial charge in [-0.2, -0.15) is 0 Å². The topological polar surface area (TPSA) is 0 Å². The molecule has 0 aromatic rings. The lowest BCUT2D eigenvalue weighted by Crippen LogP contribution is -2.25. The molecular formula is C11H23F. The Morgan fingerprint density at radius 3 is 1.75 bits per heavy atom. The first-order valence-electron chi connectivity index (χ1n) is 5.18. The van der Waals surface area contributed by atoms with E-state index in [4.69, 9.17) is 0 Å². The summed E-state index contributed by atoms with van der Waals surface area (Å²) in [5, 5.41) is 0. The molecule has 0 nitrogen and oxygen atoms in total. The van der Waals surface area contributed by atoms with Gasteiger partial charge in [0.05, 0.1) is 0 Å². The van der Waals surface area contributed by atoms with E-state index in [2.05, 4.69) is 20.8 Å². The summed E-state index contributed by atoms with van der Waals surface area (Å²) in [4.78, 5) is 0. The number of hydrogen-bond acceptors (Lipinski definition) is 0. The van der Waals surface area contributed by atoms with Crippen molar-refractivity contribution in [3.8, 4) is 0 Å². The molecule has 0 saturated carbocycles. The Morgan fingerprint density at radius 2 is 1.50 bits per heavy atom. The molecule has 0 radical (unpaired) electrons. The molecule has 0 aliphatic rings. The van der Waals surface area contributed by atoms with Crippen molar-refractivity contribution in [2.45, 2.75) is 53.6 Å². The SMILES string of the molecule is CCC(F)C(C)[C@H](CC)C(C)C. The zero-order chi connectivity index (χ0) is 9.72. The Labute approximate surface area is 76.6 Å². The summed E-state index contributed by atoms with van der Waals surface area (Å²) in [6.45, 7) is 10.5. The average molecular weight is 174 g/mol. The number of rotatable bonds is 5. The number of halogens is 1. The zero-order valence-electron chi connectivity index (χ0n) is 9.10. The van der Waals surface area contributed by atoms with Crippen molar-refractivity contribution in [1.29, 1.82) is 0 Å². The van der Waals surface area contributed by atoms with E-state index in [-0.39, 0.29) is 5.92 Å². The zero-order valence-corrected chi connectivity index (χ0v) is 9.10. The molecule has 0 spiro atoms. The Balaban J connectivity index is 4.10. The van der Waals surface area contributed by atoms with Gasteiger partial charge in [-0.05, 0) is 24.2 Å². The van der Waals surface area contributed by atoms with Crippen molar-refractivity contribution in [3.05, 3.63) is 0 Å². The highest BCUT2D eigenvalue weighted by atomic mass is 19.1. The van der Waals surface area contributed by atoms with Crippen LogP contribution in [0, 0.1) is 17.8 Å². The van der Waals surface area contributed by atoms with Gasteiger partial charge in [0.2, 0.25) is 0 Å². The lowest BCUT2D eigenvalue weighted by Gasteiger charge is -2.28. The molecule has 0 aliphatic carbocycles. The van der Waals surface area contributed by atoms with Gasteiger partial charge >= 0.3 is 0 Å². The fourth-order valence-electron chi connectivity index (χ4n) is 2.09. The van der Waals surface area contributed by atoms with Crippen LogP contribution in [0.2, 0.25) is 0 Å². The third-order valence-corrected chi connectivity index (χ3v) is 2.96. The fourth-order valence-corrected chi connectivity index (χ4v) is 2.09. The van der Waals surface area contributed by atoms with E-state index in [0.29, 0.717) is 18.3 Å². The van der Waals surface area contributed by atoms with Gasteiger partial charge in [0.15, 0.2) is 0 Å². The quantitative estimate of drug-likeness (QED) is 0.589. The second kappa shape index (κ2) is 5.55. The van der Waals surface area contributed by atoms with Gasteiger partial charge in [-0.3, -0.25) is 0 Å². The van der Waals surface area contributed by atoms with Gasteiger partial charge in [0.25, 0.3) is 0 Å². The van der Waals surface area contributed by atoms with Crippen molar-refractivity contribution >= 4 is 0 Å². The molecule has 0 bridgehead atoms. The minimum Gasteiger partial charge on any atom is -0.247 e. The smallest absolute Gasteiger partial charge is 0.103 e. The maximum atomic E-state index is 13.3. The molecule has 0 amide bonds. The highest BCUT2D eigenvalue weighted by molar-refractivity contribution is 4.73. The van der Waals surface area contributed by atoms with Crippen LogP contribution in [0.15, 0.2) is 0 Å². The first-order valence-corrected chi connectivity index (χ1v) is 5.18. The van der Waals surface area contributed by atoms with Gasteiger partial charge in [0.1, 0.15) is 6.17 Å². The summed E-state index contributed by atoms with van der Waals surface area (Å²) >= 11 is 0. The van der Waals surface area contributed by atoms with Gasteiger partial charge in [-0.25, -0.2) is 4.39 Å². The summed E-state index contributed by atoms with van der Waals surface area (Å²) in [5.74, 6) is 1.37. The summed E-state index contributed by atoms with van der Waals surface area (Å²) in [6.07, 6.45) is 1.14. The molecule has 0 heterocycles. The van der Waals surface area contributed by atoms with E-state index >= 15 is 0 Å². The maximum Gasteiger partial charge on any atom is 0.103 e. The first kappa shape index (κ1) is 11.9. The van der Waals surface area contributed by atoms with E-state index in [9.17, 15) is 4.39 Å². The van der Waals surface area contributed by atoms with Crippen molar-refractivity contribution in [3.63, 3.8) is 0 Å². The number of hydrogen-bond donors (Lipinski definition) is 0. The van der Waals surface area contributed by atoms with Gasteiger partial charge in [0, 0.05) is 0 Å². The summed E-state index contributed by atoms with van der Waals surface area (Å²) < 4.78 is 13.3. The summed E-state index contributed by atoms with van der Waals surface area (Å²) in [5.41, 5.74) is 0. The van der Waals surface area contributed by atoms with Crippen LogP contribution < -0.4 is 0 Å². The Morgan fingerprint density at radius 1 is 1.00 bits per heavy atom. The molecule has 0 aromatic carbocycles. The van der Waals surface area contributed by atoms with Crippen LogP contribution in [0.4, 0.5) is 4.39 Å². The first-order chi connectivity index (χ1) is 5.54. The van der Waals surface area contributed by atoms with E-state index in [1.807, 2.05) is 13.8 Å².